The van der Waals surface area contributed by atoms with Crippen molar-refractivity contribution in [2.45, 2.75) is 83.4 Å². The van der Waals surface area contributed by atoms with Crippen LogP contribution in [0.25, 0.3) is 5.65 Å². The number of carbonyl (C=O) groups excluding carboxylic acids is 3. The number of hydrogen-bond acceptors (Lipinski definition) is 10. The average Bonchev–Trinajstić information content (AvgIpc) is 3.54. The van der Waals surface area contributed by atoms with E-state index < -0.39 is 29.0 Å². The second kappa shape index (κ2) is 15.0. The van der Waals surface area contributed by atoms with Crippen LogP contribution in [0.1, 0.15) is 94.8 Å². The highest BCUT2D eigenvalue weighted by Gasteiger charge is 2.39. The Labute approximate surface area is 310 Å². The zero-order chi connectivity index (χ0) is 38.8. The molecule has 0 unspecified atom stereocenters. The zero-order valence-electron chi connectivity index (χ0n) is 32.3. The summed E-state index contributed by atoms with van der Waals surface area (Å²) < 4.78 is 13.6. The Kier molecular flexibility index (Phi) is 11.1. The van der Waals surface area contributed by atoms with E-state index >= 15 is 0 Å². The van der Waals surface area contributed by atoms with E-state index in [-0.39, 0.29) is 22.6 Å². The van der Waals surface area contributed by atoms with Gasteiger partial charge in [-0.25, -0.2) is 14.8 Å². The van der Waals surface area contributed by atoms with Crippen molar-refractivity contribution in [3.05, 3.63) is 89.3 Å². The molecule has 0 fully saturated rings. The van der Waals surface area contributed by atoms with E-state index in [1.165, 1.54) is 0 Å². The molecule has 1 aliphatic rings. The summed E-state index contributed by atoms with van der Waals surface area (Å²) in [7, 11) is 3.61. The molecule has 0 saturated carbocycles. The number of nitrogens with zero attached hydrogens (tertiary/aromatic N) is 6. The number of rotatable bonds is 12. The van der Waals surface area contributed by atoms with Crippen LogP contribution in [0.4, 0.5) is 10.6 Å². The summed E-state index contributed by atoms with van der Waals surface area (Å²) in [4.78, 5) is 51.0. The summed E-state index contributed by atoms with van der Waals surface area (Å²) in [6.07, 6.45) is 5.34. The van der Waals surface area contributed by atoms with Crippen LogP contribution < -0.4 is 20.7 Å². The van der Waals surface area contributed by atoms with Gasteiger partial charge in [0.15, 0.2) is 11.9 Å². The summed E-state index contributed by atoms with van der Waals surface area (Å²) in [5.74, 6) is 0.917. The number of aromatic nitrogens is 5. The fraction of sp³-hybridized carbons (Fsp3) is 0.462. The number of fused-ring (bicyclic) bond motifs is 2. The van der Waals surface area contributed by atoms with Gasteiger partial charge in [-0.1, -0.05) is 65.8 Å². The molecule has 4 aromatic rings. The molecule has 3 heterocycles. The number of amides is 3. The lowest BCUT2D eigenvalue weighted by atomic mass is 9.81. The second-order valence-electron chi connectivity index (χ2n) is 16.0. The highest BCUT2D eigenvalue weighted by molar-refractivity contribution is 5.94. The minimum Gasteiger partial charge on any atom is -0.480 e. The number of nitrogens with one attached hydrogen (secondary N) is 3. The van der Waals surface area contributed by atoms with Crippen LogP contribution >= 0.6 is 0 Å². The first-order valence-corrected chi connectivity index (χ1v) is 17.6. The third kappa shape index (κ3) is 8.71. The summed E-state index contributed by atoms with van der Waals surface area (Å²) >= 11 is 0. The van der Waals surface area contributed by atoms with Crippen molar-refractivity contribution >= 4 is 29.7 Å². The number of methoxy groups -OCH3 is 1. The van der Waals surface area contributed by atoms with E-state index in [0.29, 0.717) is 54.2 Å². The monoisotopic (exact) mass is 725 g/mol. The predicted molar refractivity (Wildman–Crippen MR) is 202 cm³/mol. The molecule has 1 aliphatic carbocycles. The Morgan fingerprint density at radius 3 is 2.42 bits per heavy atom. The molecular weight excluding hydrogens is 674 g/mol. The van der Waals surface area contributed by atoms with Crippen LogP contribution in [0, 0.1) is 0 Å². The molecule has 0 saturated heterocycles. The number of ether oxygens (including phenoxy) is 2. The van der Waals surface area contributed by atoms with Gasteiger partial charge in [-0.05, 0) is 50.7 Å². The quantitative estimate of drug-likeness (QED) is 0.132. The van der Waals surface area contributed by atoms with Gasteiger partial charge >= 0.3 is 6.03 Å². The van der Waals surface area contributed by atoms with E-state index in [9.17, 15) is 14.4 Å². The van der Waals surface area contributed by atoms with Crippen molar-refractivity contribution in [1.29, 1.82) is 0 Å². The van der Waals surface area contributed by atoms with Gasteiger partial charge in [-0.3, -0.25) is 24.2 Å². The van der Waals surface area contributed by atoms with Crippen LogP contribution in [0.2, 0.25) is 0 Å². The van der Waals surface area contributed by atoms with Gasteiger partial charge in [0.25, 0.3) is 5.91 Å². The number of pyridine rings is 1. The standard InChI is InChI=1S/C39H51N9O5/c1-36(2,3)29-21-30(42-32(41-29)33(50)40-23-38(7,8)47(9)19-20-52-10)43-35(51)44-39(24-49)18-17-28(26-13-11-12-14-27(26)39)53-25-15-16-31-45-46-34(37(4,5)6)48(31)22-25/h11-18,21-22,24,28H,19-20,23H2,1-10H3,(H,40,50)(H2,41,42,43,44,51)/t28-,39-/m1/s1. The van der Waals surface area contributed by atoms with Gasteiger partial charge in [0.2, 0.25) is 5.82 Å². The minimum absolute atomic E-state index is 0.0876. The van der Waals surface area contributed by atoms with Crippen molar-refractivity contribution in [3.8, 4) is 5.75 Å². The number of aldehydes is 1. The maximum atomic E-state index is 13.7. The van der Waals surface area contributed by atoms with Crippen LogP contribution in [0.3, 0.4) is 0 Å². The molecule has 3 aromatic heterocycles. The first-order valence-electron chi connectivity index (χ1n) is 17.6. The molecule has 0 radical (unpaired) electrons. The highest BCUT2D eigenvalue weighted by atomic mass is 16.5. The van der Waals surface area contributed by atoms with E-state index in [4.69, 9.17) is 9.47 Å². The van der Waals surface area contributed by atoms with Crippen molar-refractivity contribution in [1.82, 2.24) is 40.1 Å². The van der Waals surface area contributed by atoms with E-state index in [0.717, 1.165) is 5.82 Å². The first-order chi connectivity index (χ1) is 24.9. The Bertz CT molecular complexity index is 2010. The normalized spacial score (nSPS) is 17.4. The third-order valence-corrected chi connectivity index (χ3v) is 9.35. The topological polar surface area (TPSA) is 165 Å². The lowest BCUT2D eigenvalue weighted by Gasteiger charge is -2.35. The van der Waals surface area contributed by atoms with Crippen molar-refractivity contribution in [3.63, 3.8) is 0 Å². The number of urea groups is 1. The summed E-state index contributed by atoms with van der Waals surface area (Å²) in [5.41, 5.74) is -0.0958. The van der Waals surface area contributed by atoms with Crippen LogP contribution in [0.5, 0.6) is 5.75 Å². The number of benzene rings is 1. The predicted octanol–water partition coefficient (Wildman–Crippen LogP) is 5.11. The van der Waals surface area contributed by atoms with Crippen molar-refractivity contribution in [2.24, 2.45) is 0 Å². The Morgan fingerprint density at radius 1 is 1.00 bits per heavy atom. The molecule has 14 heteroatoms. The van der Waals surface area contributed by atoms with Crippen LogP contribution in [-0.4, -0.2) is 87.1 Å². The smallest absolute Gasteiger partial charge is 0.321 e. The van der Waals surface area contributed by atoms with Crippen molar-refractivity contribution in [2.75, 3.05) is 39.2 Å². The summed E-state index contributed by atoms with van der Waals surface area (Å²) in [6.45, 7) is 17.7. The molecule has 282 valence electrons. The van der Waals surface area contributed by atoms with Gasteiger partial charge in [0.1, 0.15) is 29.0 Å². The molecule has 0 aliphatic heterocycles. The maximum Gasteiger partial charge on any atom is 0.321 e. The Morgan fingerprint density at radius 2 is 1.74 bits per heavy atom. The Balaban J connectivity index is 1.36. The number of carbonyl (C=O) groups is 3. The summed E-state index contributed by atoms with van der Waals surface area (Å²) in [5, 5.41) is 17.2. The molecular formula is C39H51N9O5. The first kappa shape index (κ1) is 39.0. The molecule has 1 aromatic carbocycles. The fourth-order valence-electron chi connectivity index (χ4n) is 5.87. The van der Waals surface area contributed by atoms with Gasteiger partial charge in [-0.15, -0.1) is 10.2 Å². The van der Waals surface area contributed by atoms with Gasteiger partial charge in [0, 0.05) is 48.2 Å². The third-order valence-electron chi connectivity index (χ3n) is 9.35. The largest absolute Gasteiger partial charge is 0.480 e. The molecule has 3 N–H and O–H groups in total. The molecule has 0 bridgehead atoms. The maximum absolute atomic E-state index is 13.7. The average molecular weight is 726 g/mol. The molecule has 5 rings (SSSR count). The molecule has 2 atom stereocenters. The minimum atomic E-state index is -1.52. The van der Waals surface area contributed by atoms with Crippen LogP contribution in [0.15, 0.2) is 60.8 Å². The molecule has 14 nitrogen and oxygen atoms in total. The molecule has 53 heavy (non-hydrogen) atoms. The second-order valence-corrected chi connectivity index (χ2v) is 16.0. The lowest BCUT2D eigenvalue weighted by Crippen LogP contribution is -2.51. The summed E-state index contributed by atoms with van der Waals surface area (Å²) in [6, 6.07) is 11.9. The molecule has 0 spiro atoms. The Hall–Kier alpha value is -5.21. The van der Waals surface area contributed by atoms with Gasteiger partial charge in [-0.2, -0.15) is 0 Å². The zero-order valence-corrected chi connectivity index (χ0v) is 32.3. The van der Waals surface area contributed by atoms with Gasteiger partial charge in [0.05, 0.1) is 18.5 Å². The van der Waals surface area contributed by atoms with E-state index in [1.807, 2.05) is 76.5 Å². The van der Waals surface area contributed by atoms with E-state index in [2.05, 4.69) is 61.8 Å². The SMILES string of the molecule is COCCN(C)C(C)(C)CNC(=O)c1nc(NC(=O)N[C@@]2(C=O)C=C[C@@H](Oc3ccc4nnc(C(C)(C)C)n4c3)c3ccccc32)cc(C(C)(C)C)n1. The van der Waals surface area contributed by atoms with Crippen molar-refractivity contribution < 1.29 is 23.9 Å². The fourth-order valence-corrected chi connectivity index (χ4v) is 5.87. The van der Waals surface area contributed by atoms with Crippen LogP contribution in [-0.2, 0) is 25.9 Å². The highest BCUT2D eigenvalue weighted by Crippen LogP contribution is 2.37. The molecule has 3 amide bonds. The number of anilines is 1. The number of likely N-dealkylation sites (N-methyl/N-ethyl adjacent to an activating group) is 1. The number of hydrogen-bond donors (Lipinski definition) is 3. The van der Waals surface area contributed by atoms with E-state index in [1.54, 1.807) is 37.5 Å². The van der Waals surface area contributed by atoms with Gasteiger partial charge < -0.3 is 20.1 Å². The lowest BCUT2D eigenvalue weighted by molar-refractivity contribution is -0.111.